The van der Waals surface area contributed by atoms with Gasteiger partial charge >= 0.3 is 0 Å². The molecule has 3 rings (SSSR count). The number of rotatable bonds is 6. The molecule has 122 valence electrons. The number of methoxy groups -OCH3 is 1. The number of hydrogen-bond acceptors (Lipinski definition) is 3. The van der Waals surface area contributed by atoms with E-state index >= 15 is 0 Å². The van der Waals surface area contributed by atoms with E-state index in [2.05, 4.69) is 41.0 Å². The smallest absolute Gasteiger partial charge is 0.224 e. The molecule has 1 heterocycles. The lowest BCUT2D eigenvalue weighted by atomic mass is 10.1. The quantitative estimate of drug-likeness (QED) is 0.729. The third-order valence-corrected chi connectivity index (χ3v) is 4.71. The van der Waals surface area contributed by atoms with Crippen LogP contribution in [0.2, 0.25) is 0 Å². The molecule has 0 aliphatic heterocycles. The number of ether oxygens (including phenoxy) is 1. The first-order valence-electron chi connectivity index (χ1n) is 7.77. The molecule has 0 radical (unpaired) electrons. The Hall–Kier alpha value is -2.59. The molecule has 3 aromatic rings. The van der Waals surface area contributed by atoms with E-state index in [0.29, 0.717) is 13.0 Å². The zero-order valence-corrected chi connectivity index (χ0v) is 14.3. The lowest BCUT2D eigenvalue weighted by Gasteiger charge is -2.09. The average molecular weight is 337 g/mol. The van der Waals surface area contributed by atoms with Crippen LogP contribution in [0.4, 0.5) is 0 Å². The van der Waals surface area contributed by atoms with Crippen LogP contribution in [-0.4, -0.2) is 13.0 Å². The van der Waals surface area contributed by atoms with Gasteiger partial charge in [-0.15, -0.1) is 11.3 Å². The first-order valence-corrected chi connectivity index (χ1v) is 8.65. The van der Waals surface area contributed by atoms with Crippen molar-refractivity contribution in [1.82, 2.24) is 5.32 Å². The number of carbonyl (C=O) groups excluding carboxylic acids is 1. The van der Waals surface area contributed by atoms with E-state index in [1.54, 1.807) is 18.4 Å². The van der Waals surface area contributed by atoms with Crippen LogP contribution in [0, 0.1) is 0 Å². The molecule has 3 nitrogen and oxygen atoms in total. The minimum absolute atomic E-state index is 0.0122. The molecule has 24 heavy (non-hydrogen) atoms. The lowest BCUT2D eigenvalue weighted by molar-refractivity contribution is -0.120. The van der Waals surface area contributed by atoms with Gasteiger partial charge in [0.25, 0.3) is 0 Å². The summed E-state index contributed by atoms with van der Waals surface area (Å²) in [5.74, 6) is 0.731. The fourth-order valence-electron chi connectivity index (χ4n) is 2.51. The van der Waals surface area contributed by atoms with Gasteiger partial charge in [-0.2, -0.15) is 0 Å². The van der Waals surface area contributed by atoms with Gasteiger partial charge in [0.05, 0.1) is 13.5 Å². The summed E-state index contributed by atoms with van der Waals surface area (Å²) in [5, 5.41) is 5.03. The normalized spacial score (nSPS) is 10.4. The van der Waals surface area contributed by atoms with Crippen molar-refractivity contribution in [3.05, 3.63) is 77.2 Å². The number of thiophene rings is 1. The van der Waals surface area contributed by atoms with Crippen molar-refractivity contribution >= 4 is 17.2 Å². The molecule has 1 aromatic heterocycles. The molecule has 2 aromatic carbocycles. The van der Waals surface area contributed by atoms with Crippen LogP contribution in [0.3, 0.4) is 0 Å². The first kappa shape index (κ1) is 16.3. The Kier molecular flexibility index (Phi) is 5.29. The molecule has 0 aliphatic rings. The van der Waals surface area contributed by atoms with Gasteiger partial charge in [-0.25, -0.2) is 0 Å². The van der Waals surface area contributed by atoms with Crippen molar-refractivity contribution in [3.8, 4) is 16.2 Å². The highest BCUT2D eigenvalue weighted by Crippen LogP contribution is 2.24. The number of benzene rings is 2. The molecule has 0 aliphatic carbocycles. The third-order valence-electron chi connectivity index (χ3n) is 3.79. The van der Waals surface area contributed by atoms with Crippen LogP contribution in [0.15, 0.2) is 66.0 Å². The molecule has 0 saturated heterocycles. The van der Waals surface area contributed by atoms with Gasteiger partial charge in [-0.1, -0.05) is 48.5 Å². The Bertz CT molecular complexity index is 795. The summed E-state index contributed by atoms with van der Waals surface area (Å²) in [4.78, 5) is 13.4. The minimum atomic E-state index is -0.0122. The largest absolute Gasteiger partial charge is 0.496 e. The van der Waals surface area contributed by atoms with E-state index in [9.17, 15) is 4.79 Å². The summed E-state index contributed by atoms with van der Waals surface area (Å²) in [6.45, 7) is 0.526. The van der Waals surface area contributed by atoms with Crippen LogP contribution in [0.5, 0.6) is 5.75 Å². The van der Waals surface area contributed by atoms with Crippen molar-refractivity contribution in [3.63, 3.8) is 0 Å². The molecule has 0 saturated carbocycles. The molecule has 0 atom stereocenters. The van der Waals surface area contributed by atoms with Gasteiger partial charge in [0, 0.05) is 17.0 Å². The maximum absolute atomic E-state index is 12.1. The molecule has 0 unspecified atom stereocenters. The average Bonchev–Trinajstić information content (AvgIpc) is 3.15. The maximum atomic E-state index is 12.1. The highest BCUT2D eigenvalue weighted by atomic mass is 32.1. The van der Waals surface area contributed by atoms with Crippen LogP contribution >= 0.6 is 11.3 Å². The van der Waals surface area contributed by atoms with E-state index in [1.807, 2.05) is 30.3 Å². The van der Waals surface area contributed by atoms with E-state index in [0.717, 1.165) is 16.9 Å². The van der Waals surface area contributed by atoms with Gasteiger partial charge in [-0.05, 0) is 28.6 Å². The third kappa shape index (κ3) is 4.03. The molecule has 0 bridgehead atoms. The van der Waals surface area contributed by atoms with Crippen molar-refractivity contribution in [2.24, 2.45) is 0 Å². The Morgan fingerprint density at radius 2 is 1.83 bits per heavy atom. The Morgan fingerprint density at radius 3 is 2.54 bits per heavy atom. The summed E-state index contributed by atoms with van der Waals surface area (Å²) in [7, 11) is 1.62. The number of amides is 1. The molecule has 1 amide bonds. The molecule has 0 fully saturated rings. The zero-order valence-electron chi connectivity index (χ0n) is 13.5. The topological polar surface area (TPSA) is 38.3 Å². The van der Waals surface area contributed by atoms with E-state index in [1.165, 1.54) is 10.4 Å². The van der Waals surface area contributed by atoms with Crippen LogP contribution in [0.25, 0.3) is 10.4 Å². The fraction of sp³-hybridized carbons (Fsp3) is 0.150. The summed E-state index contributed by atoms with van der Waals surface area (Å²) in [6.07, 6.45) is 0.317. The SMILES string of the molecule is COc1ccccc1CC(=O)NCc1ccc(-c2cccs2)cc1. The first-order chi connectivity index (χ1) is 11.8. The molecule has 4 heteroatoms. The van der Waals surface area contributed by atoms with Crippen molar-refractivity contribution in [2.45, 2.75) is 13.0 Å². The number of nitrogens with one attached hydrogen (secondary N) is 1. The molecular formula is C20H19NO2S. The lowest BCUT2D eigenvalue weighted by Crippen LogP contribution is -2.24. The second kappa shape index (κ2) is 7.79. The zero-order chi connectivity index (χ0) is 16.8. The van der Waals surface area contributed by atoms with Gasteiger partial charge < -0.3 is 10.1 Å². The van der Waals surface area contributed by atoms with E-state index < -0.39 is 0 Å². The van der Waals surface area contributed by atoms with Crippen molar-refractivity contribution < 1.29 is 9.53 Å². The Labute approximate surface area is 145 Å². The van der Waals surface area contributed by atoms with Gasteiger partial charge in [0.15, 0.2) is 0 Å². The summed E-state index contributed by atoms with van der Waals surface area (Å²) >= 11 is 1.72. The van der Waals surface area contributed by atoms with Crippen molar-refractivity contribution in [2.75, 3.05) is 7.11 Å². The monoisotopic (exact) mass is 337 g/mol. The predicted molar refractivity (Wildman–Crippen MR) is 98.3 cm³/mol. The summed E-state index contributed by atoms with van der Waals surface area (Å²) < 4.78 is 5.28. The predicted octanol–water partition coefficient (Wildman–Crippen LogP) is 4.28. The van der Waals surface area contributed by atoms with Crippen LogP contribution in [-0.2, 0) is 17.8 Å². The summed E-state index contributed by atoms with van der Waals surface area (Å²) in [5.41, 5.74) is 3.18. The fourth-order valence-corrected chi connectivity index (χ4v) is 3.25. The van der Waals surface area contributed by atoms with E-state index in [-0.39, 0.29) is 5.91 Å². The highest BCUT2D eigenvalue weighted by molar-refractivity contribution is 7.13. The van der Waals surface area contributed by atoms with E-state index in [4.69, 9.17) is 4.74 Å². The van der Waals surface area contributed by atoms with Gasteiger partial charge in [0.2, 0.25) is 5.91 Å². The van der Waals surface area contributed by atoms with Crippen molar-refractivity contribution in [1.29, 1.82) is 0 Å². The van der Waals surface area contributed by atoms with Crippen LogP contribution < -0.4 is 10.1 Å². The summed E-state index contributed by atoms with van der Waals surface area (Å²) in [6, 6.07) is 20.0. The Balaban J connectivity index is 1.56. The number of para-hydroxylation sites is 1. The number of hydrogen-bond donors (Lipinski definition) is 1. The maximum Gasteiger partial charge on any atom is 0.224 e. The standard InChI is InChI=1S/C20H19NO2S/c1-23-18-6-3-2-5-17(18)13-20(22)21-14-15-8-10-16(11-9-15)19-7-4-12-24-19/h2-12H,13-14H2,1H3,(H,21,22). The second-order valence-electron chi connectivity index (χ2n) is 5.44. The number of carbonyl (C=O) groups is 1. The minimum Gasteiger partial charge on any atom is -0.496 e. The Morgan fingerprint density at radius 1 is 1.04 bits per heavy atom. The van der Waals surface area contributed by atoms with Crippen LogP contribution in [0.1, 0.15) is 11.1 Å². The highest BCUT2D eigenvalue weighted by Gasteiger charge is 2.08. The van der Waals surface area contributed by atoms with Gasteiger partial charge in [-0.3, -0.25) is 4.79 Å². The van der Waals surface area contributed by atoms with Gasteiger partial charge in [0.1, 0.15) is 5.75 Å². The second-order valence-corrected chi connectivity index (χ2v) is 6.39. The molecule has 1 N–H and O–H groups in total. The molecule has 0 spiro atoms. The molecular weight excluding hydrogens is 318 g/mol.